The lowest BCUT2D eigenvalue weighted by Crippen LogP contribution is -2.29. The third kappa shape index (κ3) is 6.73. The summed E-state index contributed by atoms with van der Waals surface area (Å²) in [6, 6.07) is 38.2. The molecule has 7 aromatic carbocycles. The SMILES string of the molecule is Cc1ccc(N2C(=O)c3ccc(Cc4ccc5c(c4)C(=O)N(c4ccc(Cc6ccc(N7C(=O)c8ccc(C(=O)c9ccc%10c(c9)C(=O)N(C)C%10=O)cc8C7=O)cc6)cc4)C5=O)cc3C2=O)cc1C. The Balaban J connectivity index is 0.741. The molecule has 8 amide bonds. The van der Waals surface area contributed by atoms with E-state index in [0.717, 1.165) is 48.1 Å². The number of fused-ring (bicyclic) bond motifs is 4. The monoisotopic (exact) mass is 908 g/mol. The molecule has 13 heteroatoms. The zero-order valence-electron chi connectivity index (χ0n) is 37.2. The minimum absolute atomic E-state index is 0.0650. The molecular weight excluding hydrogens is 873 g/mol. The van der Waals surface area contributed by atoms with Crippen molar-refractivity contribution in [2.75, 3.05) is 21.7 Å². The third-order valence-electron chi connectivity index (χ3n) is 13.4. The fourth-order valence-electron chi connectivity index (χ4n) is 9.41. The van der Waals surface area contributed by atoms with Crippen LogP contribution in [0.25, 0.3) is 0 Å². The number of ketones is 1. The molecule has 0 saturated heterocycles. The van der Waals surface area contributed by atoms with Gasteiger partial charge in [-0.2, -0.15) is 0 Å². The normalized spacial score (nSPS) is 14.9. The summed E-state index contributed by atoms with van der Waals surface area (Å²) >= 11 is 0. The molecule has 11 rings (SSSR count). The second-order valence-corrected chi connectivity index (χ2v) is 17.6. The lowest BCUT2D eigenvalue weighted by molar-refractivity contribution is 0.0690. The summed E-state index contributed by atoms with van der Waals surface area (Å²) in [6.45, 7) is 3.89. The van der Waals surface area contributed by atoms with Crippen LogP contribution in [0.1, 0.15) is 132 Å². The van der Waals surface area contributed by atoms with Crippen LogP contribution < -0.4 is 14.7 Å². The number of benzene rings is 7. The van der Waals surface area contributed by atoms with E-state index in [4.69, 9.17) is 0 Å². The Labute approximate surface area is 393 Å². The molecule has 0 N–H and O–H groups in total. The van der Waals surface area contributed by atoms with Crippen molar-refractivity contribution < 1.29 is 43.2 Å². The number of hydrogen-bond donors (Lipinski definition) is 0. The van der Waals surface area contributed by atoms with E-state index in [2.05, 4.69) is 0 Å². The van der Waals surface area contributed by atoms with Crippen LogP contribution in [0.2, 0.25) is 0 Å². The minimum Gasteiger partial charge on any atom is -0.289 e. The minimum atomic E-state index is -0.592. The molecule has 0 aromatic heterocycles. The average Bonchev–Trinajstić information content (AvgIpc) is 3.94. The van der Waals surface area contributed by atoms with Crippen LogP contribution in [0.3, 0.4) is 0 Å². The predicted molar refractivity (Wildman–Crippen MR) is 253 cm³/mol. The van der Waals surface area contributed by atoms with E-state index in [1.165, 1.54) is 48.3 Å². The summed E-state index contributed by atoms with van der Waals surface area (Å²) in [7, 11) is 1.37. The Morgan fingerprint density at radius 3 is 1.13 bits per heavy atom. The van der Waals surface area contributed by atoms with Crippen LogP contribution in [0.4, 0.5) is 17.1 Å². The number of hydrogen-bond acceptors (Lipinski definition) is 9. The maximum Gasteiger partial charge on any atom is 0.266 e. The predicted octanol–water partition coefficient (Wildman–Crippen LogP) is 8.34. The van der Waals surface area contributed by atoms with E-state index in [1.807, 2.05) is 38.1 Å². The molecule has 0 fully saturated rings. The molecule has 0 saturated carbocycles. The van der Waals surface area contributed by atoms with E-state index in [0.29, 0.717) is 41.0 Å². The topological polar surface area (TPSA) is 167 Å². The van der Waals surface area contributed by atoms with Gasteiger partial charge in [-0.15, -0.1) is 0 Å². The van der Waals surface area contributed by atoms with Gasteiger partial charge in [-0.05, 0) is 145 Å². The van der Waals surface area contributed by atoms with Gasteiger partial charge in [-0.3, -0.25) is 48.1 Å². The molecule has 0 bridgehead atoms. The summed E-state index contributed by atoms with van der Waals surface area (Å²) in [5, 5.41) is 0. The summed E-state index contributed by atoms with van der Waals surface area (Å²) < 4.78 is 0. The van der Waals surface area contributed by atoms with Gasteiger partial charge in [0.15, 0.2) is 5.78 Å². The van der Waals surface area contributed by atoms with Gasteiger partial charge in [-0.1, -0.05) is 54.6 Å². The first-order valence-corrected chi connectivity index (χ1v) is 22.0. The van der Waals surface area contributed by atoms with Crippen LogP contribution in [0.15, 0.2) is 140 Å². The van der Waals surface area contributed by atoms with E-state index < -0.39 is 47.1 Å². The molecule has 4 aliphatic heterocycles. The Morgan fingerprint density at radius 1 is 0.333 bits per heavy atom. The standard InChI is InChI=1S/C56H36N4O9/c1-29-4-13-39(22-30(29)2)60-53(66)42-19-10-34(26-45(42)55(60)68)24-33-9-18-41-44(25-33)54(67)58(51(41)64)37-14-5-31(6-15-37)23-32-7-16-38(17-8-32)59-52(65)43-21-12-36(28-47(43)56(59)69)48(61)35-11-20-40-46(27-35)50(63)57(3)49(40)62/h4-22,25-28H,23-24H2,1-3H3. The first-order chi connectivity index (χ1) is 33.2. The van der Waals surface area contributed by atoms with Crippen molar-refractivity contribution in [3.05, 3.63) is 229 Å². The Morgan fingerprint density at radius 2 is 0.667 bits per heavy atom. The first kappa shape index (κ1) is 42.4. The van der Waals surface area contributed by atoms with Crippen molar-refractivity contribution in [1.82, 2.24) is 4.90 Å². The summed E-state index contributed by atoms with van der Waals surface area (Å²) in [5.41, 5.74) is 8.57. The average molecular weight is 909 g/mol. The van der Waals surface area contributed by atoms with Crippen molar-refractivity contribution in [2.24, 2.45) is 0 Å². The van der Waals surface area contributed by atoms with Crippen molar-refractivity contribution in [3.8, 4) is 0 Å². The van der Waals surface area contributed by atoms with Crippen molar-refractivity contribution in [2.45, 2.75) is 26.7 Å². The third-order valence-corrected chi connectivity index (χ3v) is 13.4. The van der Waals surface area contributed by atoms with Crippen LogP contribution in [0, 0.1) is 13.8 Å². The number of carbonyl (C=O) groups excluding carboxylic acids is 9. The van der Waals surface area contributed by atoms with Gasteiger partial charge in [0, 0.05) is 18.2 Å². The Kier molecular flexibility index (Phi) is 9.65. The highest BCUT2D eigenvalue weighted by atomic mass is 16.2. The summed E-state index contributed by atoms with van der Waals surface area (Å²) in [6.07, 6.45) is 0.821. The number of carbonyl (C=O) groups is 9. The van der Waals surface area contributed by atoms with Gasteiger partial charge < -0.3 is 0 Å². The largest absolute Gasteiger partial charge is 0.289 e. The lowest BCUT2D eigenvalue weighted by Gasteiger charge is -2.15. The van der Waals surface area contributed by atoms with E-state index in [-0.39, 0.29) is 50.4 Å². The Hall–Kier alpha value is -9.23. The molecular formula is C56H36N4O9. The highest BCUT2D eigenvalue weighted by Crippen LogP contribution is 2.35. The highest BCUT2D eigenvalue weighted by molar-refractivity contribution is 6.36. The molecule has 334 valence electrons. The van der Waals surface area contributed by atoms with E-state index >= 15 is 0 Å². The maximum absolute atomic E-state index is 13.8. The van der Waals surface area contributed by atoms with Crippen LogP contribution in [-0.2, 0) is 12.8 Å². The smallest absolute Gasteiger partial charge is 0.266 e. The van der Waals surface area contributed by atoms with Gasteiger partial charge in [0.05, 0.1) is 61.6 Å². The molecule has 0 atom stereocenters. The molecule has 0 aliphatic carbocycles. The van der Waals surface area contributed by atoms with Crippen LogP contribution in [0.5, 0.6) is 0 Å². The second-order valence-electron chi connectivity index (χ2n) is 17.6. The molecule has 69 heavy (non-hydrogen) atoms. The van der Waals surface area contributed by atoms with E-state index in [1.54, 1.807) is 78.9 Å². The van der Waals surface area contributed by atoms with Gasteiger partial charge in [0.1, 0.15) is 0 Å². The van der Waals surface area contributed by atoms with Gasteiger partial charge in [0.2, 0.25) is 0 Å². The summed E-state index contributed by atoms with van der Waals surface area (Å²) in [5.74, 6) is -4.25. The molecule has 4 heterocycles. The van der Waals surface area contributed by atoms with Gasteiger partial charge in [-0.25, -0.2) is 14.7 Å². The van der Waals surface area contributed by atoms with Gasteiger partial charge in [0.25, 0.3) is 47.3 Å². The second kappa shape index (κ2) is 15.7. The number of anilines is 3. The fraction of sp³-hybridized carbons (Fsp3) is 0.0893. The maximum atomic E-state index is 13.8. The van der Waals surface area contributed by atoms with Crippen LogP contribution in [-0.4, -0.2) is 65.0 Å². The number of imide groups is 4. The zero-order chi connectivity index (χ0) is 48.2. The van der Waals surface area contributed by atoms with Crippen molar-refractivity contribution in [1.29, 1.82) is 0 Å². The van der Waals surface area contributed by atoms with Crippen molar-refractivity contribution in [3.63, 3.8) is 0 Å². The molecule has 13 nitrogen and oxygen atoms in total. The number of rotatable bonds is 9. The quantitative estimate of drug-likeness (QED) is 0.102. The van der Waals surface area contributed by atoms with Crippen LogP contribution >= 0.6 is 0 Å². The fourth-order valence-corrected chi connectivity index (χ4v) is 9.41. The molecule has 4 aliphatic rings. The lowest BCUT2D eigenvalue weighted by atomic mass is 9.96. The molecule has 0 spiro atoms. The number of aryl methyl sites for hydroxylation is 2. The first-order valence-electron chi connectivity index (χ1n) is 22.0. The highest BCUT2D eigenvalue weighted by Gasteiger charge is 2.40. The Bertz CT molecular complexity index is 3570. The zero-order valence-corrected chi connectivity index (χ0v) is 37.2. The molecule has 7 aromatic rings. The van der Waals surface area contributed by atoms with E-state index in [9.17, 15) is 43.2 Å². The summed E-state index contributed by atoms with van der Waals surface area (Å²) in [4.78, 5) is 124. The number of nitrogens with zero attached hydrogens (tertiary/aromatic N) is 4. The van der Waals surface area contributed by atoms with Gasteiger partial charge >= 0.3 is 0 Å². The van der Waals surface area contributed by atoms with Crippen molar-refractivity contribution >= 4 is 70.1 Å². The molecule has 0 unspecified atom stereocenters. The number of amides is 8. The molecule has 0 radical (unpaired) electrons.